The molecule has 0 bridgehead atoms. The molecule has 2 atom stereocenters. The van der Waals surface area contributed by atoms with E-state index in [2.05, 4.69) is 16.8 Å². The second-order valence-corrected chi connectivity index (χ2v) is 6.48. The van der Waals surface area contributed by atoms with Gasteiger partial charge in [0.1, 0.15) is 5.41 Å². The highest BCUT2D eigenvalue weighted by Crippen LogP contribution is 2.26. The van der Waals surface area contributed by atoms with Crippen LogP contribution in [0.4, 0.5) is 0 Å². The van der Waals surface area contributed by atoms with Gasteiger partial charge >= 0.3 is 5.97 Å². The number of likely N-dealkylation sites (N-methyl/N-ethyl adjacent to an activating group) is 2. The average molecular weight is 290 g/mol. The van der Waals surface area contributed by atoms with E-state index in [0.29, 0.717) is 12.6 Å². The molecule has 1 aromatic rings. The fraction of sp³-hybridized carbons (Fsp3) is 0.588. The van der Waals surface area contributed by atoms with Gasteiger partial charge < -0.3 is 14.9 Å². The maximum absolute atomic E-state index is 11.8. The number of aliphatic carboxylic acids is 1. The molecule has 2 unspecified atom stereocenters. The molecule has 0 aliphatic carbocycles. The molecule has 1 aliphatic heterocycles. The number of benzene rings is 1. The number of likely N-dealkylation sites (tertiary alicyclic amines) is 1. The van der Waals surface area contributed by atoms with Crippen LogP contribution >= 0.6 is 0 Å². The Hall–Kier alpha value is -1.39. The van der Waals surface area contributed by atoms with E-state index in [0.717, 1.165) is 18.7 Å². The molecule has 4 nitrogen and oxygen atoms in total. The number of carboxylic acids is 1. The fourth-order valence-corrected chi connectivity index (χ4v) is 3.26. The molecule has 4 heteroatoms. The zero-order valence-corrected chi connectivity index (χ0v) is 13.2. The first-order valence-corrected chi connectivity index (χ1v) is 7.61. The van der Waals surface area contributed by atoms with Gasteiger partial charge in [-0.2, -0.15) is 0 Å². The third-order valence-electron chi connectivity index (χ3n) is 4.66. The predicted molar refractivity (Wildman–Crippen MR) is 84.6 cm³/mol. The SMILES string of the molecule is CN(CC1CCCN1C)CC(C)(C(=O)O)c1ccccc1. The van der Waals surface area contributed by atoms with Crippen molar-refractivity contribution in [2.24, 2.45) is 0 Å². The van der Waals surface area contributed by atoms with E-state index in [1.54, 1.807) is 0 Å². The van der Waals surface area contributed by atoms with Gasteiger partial charge in [-0.3, -0.25) is 4.79 Å². The highest BCUT2D eigenvalue weighted by Gasteiger charge is 2.37. The Kier molecular flexibility index (Phi) is 5.01. The van der Waals surface area contributed by atoms with Crippen LogP contribution in [0.1, 0.15) is 25.3 Å². The van der Waals surface area contributed by atoms with Gasteiger partial charge in [0.15, 0.2) is 0 Å². The van der Waals surface area contributed by atoms with Gasteiger partial charge in [-0.25, -0.2) is 0 Å². The largest absolute Gasteiger partial charge is 0.481 e. The molecular formula is C17H26N2O2. The Balaban J connectivity index is 2.07. The molecule has 116 valence electrons. The lowest BCUT2D eigenvalue weighted by Gasteiger charge is -2.33. The van der Waals surface area contributed by atoms with Crippen molar-refractivity contribution < 1.29 is 9.90 Å². The maximum atomic E-state index is 11.8. The van der Waals surface area contributed by atoms with E-state index in [4.69, 9.17) is 0 Å². The summed E-state index contributed by atoms with van der Waals surface area (Å²) in [4.78, 5) is 16.4. The van der Waals surface area contributed by atoms with E-state index < -0.39 is 11.4 Å². The van der Waals surface area contributed by atoms with Crippen LogP contribution in [-0.4, -0.2) is 60.6 Å². The maximum Gasteiger partial charge on any atom is 0.315 e. The second kappa shape index (κ2) is 6.58. The summed E-state index contributed by atoms with van der Waals surface area (Å²) < 4.78 is 0. The summed E-state index contributed by atoms with van der Waals surface area (Å²) in [5.41, 5.74) is -0.00294. The average Bonchev–Trinajstić information content (AvgIpc) is 2.84. The van der Waals surface area contributed by atoms with Crippen molar-refractivity contribution in [2.45, 2.75) is 31.2 Å². The number of hydrogen-bond acceptors (Lipinski definition) is 3. The first-order valence-electron chi connectivity index (χ1n) is 7.61. The lowest BCUT2D eigenvalue weighted by molar-refractivity contribution is -0.144. The zero-order valence-electron chi connectivity index (χ0n) is 13.2. The lowest BCUT2D eigenvalue weighted by Crippen LogP contribution is -2.46. The summed E-state index contributed by atoms with van der Waals surface area (Å²) in [6.45, 7) is 4.41. The predicted octanol–water partition coefficient (Wildman–Crippen LogP) is 2.05. The third-order valence-corrected chi connectivity index (χ3v) is 4.66. The molecule has 0 radical (unpaired) electrons. The Morgan fingerprint density at radius 1 is 1.43 bits per heavy atom. The highest BCUT2D eigenvalue weighted by atomic mass is 16.4. The van der Waals surface area contributed by atoms with E-state index >= 15 is 0 Å². The Bertz CT molecular complexity index is 477. The van der Waals surface area contributed by atoms with Crippen molar-refractivity contribution in [1.29, 1.82) is 0 Å². The molecule has 1 saturated heterocycles. The zero-order chi connectivity index (χ0) is 15.5. The highest BCUT2D eigenvalue weighted by molar-refractivity contribution is 5.81. The first kappa shape index (κ1) is 16.0. The standard InChI is InChI=1S/C17H26N2O2/c1-17(16(20)21,14-8-5-4-6-9-14)13-18(2)12-15-10-7-11-19(15)3/h4-6,8-9,15H,7,10-13H2,1-3H3,(H,20,21). The van der Waals surface area contributed by atoms with Gasteiger partial charge in [-0.1, -0.05) is 30.3 Å². The Labute approximate surface area is 127 Å². The summed E-state index contributed by atoms with van der Waals surface area (Å²) in [5, 5.41) is 9.71. The molecule has 1 fully saturated rings. The molecule has 1 heterocycles. The molecule has 1 N–H and O–H groups in total. The van der Waals surface area contributed by atoms with Gasteiger partial charge in [0.05, 0.1) is 0 Å². The molecule has 1 aromatic carbocycles. The molecule has 0 saturated carbocycles. The molecule has 1 aliphatic rings. The number of carbonyl (C=O) groups is 1. The normalized spacial score (nSPS) is 22.4. The quantitative estimate of drug-likeness (QED) is 0.871. The van der Waals surface area contributed by atoms with Gasteiger partial charge in [0, 0.05) is 19.1 Å². The van der Waals surface area contributed by atoms with Gasteiger partial charge in [-0.05, 0) is 46.0 Å². The minimum absolute atomic E-state index is 0.524. The molecule has 21 heavy (non-hydrogen) atoms. The summed E-state index contributed by atoms with van der Waals surface area (Å²) in [6, 6.07) is 10.1. The molecule has 0 spiro atoms. The number of hydrogen-bond donors (Lipinski definition) is 1. The van der Waals surface area contributed by atoms with Crippen molar-refractivity contribution >= 4 is 5.97 Å². The van der Waals surface area contributed by atoms with Crippen LogP contribution in [0.25, 0.3) is 0 Å². The minimum Gasteiger partial charge on any atom is -0.481 e. The van der Waals surface area contributed by atoms with Gasteiger partial charge in [0.2, 0.25) is 0 Å². The van der Waals surface area contributed by atoms with Gasteiger partial charge in [-0.15, -0.1) is 0 Å². The molecular weight excluding hydrogens is 264 g/mol. The van der Waals surface area contributed by atoms with E-state index in [1.165, 1.54) is 12.8 Å². The van der Waals surface area contributed by atoms with Crippen molar-refractivity contribution in [2.75, 3.05) is 33.7 Å². The monoisotopic (exact) mass is 290 g/mol. The summed E-state index contributed by atoms with van der Waals surface area (Å²) >= 11 is 0. The topological polar surface area (TPSA) is 43.8 Å². The number of nitrogens with zero attached hydrogens (tertiary/aromatic N) is 2. The molecule has 0 amide bonds. The Morgan fingerprint density at radius 2 is 2.10 bits per heavy atom. The van der Waals surface area contributed by atoms with Crippen LogP contribution in [0, 0.1) is 0 Å². The third kappa shape index (κ3) is 3.63. The summed E-state index contributed by atoms with van der Waals surface area (Å²) in [7, 11) is 4.18. The fourth-order valence-electron chi connectivity index (χ4n) is 3.26. The van der Waals surface area contributed by atoms with Crippen LogP contribution in [0.3, 0.4) is 0 Å². The van der Waals surface area contributed by atoms with Crippen LogP contribution in [-0.2, 0) is 10.2 Å². The lowest BCUT2D eigenvalue weighted by atomic mass is 9.82. The van der Waals surface area contributed by atoms with E-state index in [1.807, 2.05) is 44.3 Å². The first-order chi connectivity index (χ1) is 9.93. The van der Waals surface area contributed by atoms with Crippen molar-refractivity contribution in [3.05, 3.63) is 35.9 Å². The minimum atomic E-state index is -0.868. The number of rotatable bonds is 6. The van der Waals surface area contributed by atoms with Crippen LogP contribution in [0.2, 0.25) is 0 Å². The smallest absolute Gasteiger partial charge is 0.315 e. The van der Waals surface area contributed by atoms with Crippen LogP contribution in [0.15, 0.2) is 30.3 Å². The van der Waals surface area contributed by atoms with Crippen molar-refractivity contribution in [3.8, 4) is 0 Å². The van der Waals surface area contributed by atoms with Crippen LogP contribution in [0.5, 0.6) is 0 Å². The van der Waals surface area contributed by atoms with Crippen molar-refractivity contribution in [3.63, 3.8) is 0 Å². The van der Waals surface area contributed by atoms with Crippen molar-refractivity contribution in [1.82, 2.24) is 9.80 Å². The molecule has 2 rings (SSSR count). The van der Waals surface area contributed by atoms with Crippen LogP contribution < -0.4 is 0 Å². The second-order valence-electron chi connectivity index (χ2n) is 6.48. The van der Waals surface area contributed by atoms with E-state index in [9.17, 15) is 9.90 Å². The van der Waals surface area contributed by atoms with E-state index in [-0.39, 0.29) is 0 Å². The Morgan fingerprint density at radius 3 is 2.62 bits per heavy atom. The molecule has 0 aromatic heterocycles. The summed E-state index contributed by atoms with van der Waals surface area (Å²) in [6.07, 6.45) is 2.44. The summed E-state index contributed by atoms with van der Waals surface area (Å²) in [5.74, 6) is -0.764. The van der Waals surface area contributed by atoms with Gasteiger partial charge in [0.25, 0.3) is 0 Å². The number of carboxylic acid groups (broad SMARTS) is 1.